The van der Waals surface area contributed by atoms with Crippen molar-refractivity contribution < 1.29 is 4.55 Å². The van der Waals surface area contributed by atoms with E-state index in [2.05, 4.69) is 35.2 Å². The molecule has 0 aromatic heterocycles. The third-order valence-electron chi connectivity index (χ3n) is 0.500. The molecule has 8 heavy (non-hydrogen) atoms. The fraction of sp³-hybridized carbons (Fsp3) is 1.00. The molecule has 52 valence electrons. The minimum Gasteiger partial charge on any atom is -0.582 e. The van der Waals surface area contributed by atoms with E-state index in [1.807, 2.05) is 0 Å². The molecule has 0 atom stereocenters. The lowest BCUT2D eigenvalue weighted by Crippen LogP contribution is -1.63. The van der Waals surface area contributed by atoms with Crippen molar-refractivity contribution in [1.29, 1.82) is 0 Å². The van der Waals surface area contributed by atoms with Gasteiger partial charge in [-0.2, -0.15) is 0 Å². The van der Waals surface area contributed by atoms with Gasteiger partial charge >= 0.3 is 0 Å². The van der Waals surface area contributed by atoms with E-state index in [0.29, 0.717) is 0 Å². The molecule has 0 aliphatic rings. The Morgan fingerprint density at radius 1 is 1.25 bits per heavy atom. The number of hydrogen-bond donors (Lipinski definition) is 0. The molecular weight excluding hydrogens is 167 g/mol. The summed E-state index contributed by atoms with van der Waals surface area (Å²) in [7, 11) is 7.36. The van der Waals surface area contributed by atoms with Crippen molar-refractivity contribution in [3.63, 3.8) is 0 Å². The van der Waals surface area contributed by atoms with E-state index < -0.39 is 9.60 Å². The fourth-order valence-electron chi connectivity index (χ4n) is 0. The second kappa shape index (κ2) is 10.8. The summed E-state index contributed by atoms with van der Waals surface area (Å²) in [4.78, 5) is 0. The van der Waals surface area contributed by atoms with Crippen molar-refractivity contribution >= 4 is 31.0 Å². The third-order valence-corrected chi connectivity index (χ3v) is 0.500. The number of unbranched alkanes of at least 4 members (excludes halogenated alkanes) is 1. The predicted molar refractivity (Wildman–Crippen MR) is 40.4 cm³/mol. The second-order valence-electron chi connectivity index (χ2n) is 1.18. The summed E-state index contributed by atoms with van der Waals surface area (Å²) in [6, 6.07) is 0. The van der Waals surface area contributed by atoms with Crippen LogP contribution in [0.25, 0.3) is 0 Å². The van der Waals surface area contributed by atoms with Crippen LogP contribution in [-0.2, 0) is 9.60 Å². The molecule has 4 heteroatoms. The Hall–Kier alpha value is 0.890. The fourth-order valence-corrected chi connectivity index (χ4v) is 0. The standard InChI is InChI=1S/C4H10.Cl2OS/c1-3-4-2;1-4(2)3/h3-4H2,1-2H3;. The molecule has 0 aromatic rings. The molecule has 0 bridgehead atoms. The zero-order valence-corrected chi connectivity index (χ0v) is 7.31. The molecule has 0 fully saturated rings. The highest BCUT2D eigenvalue weighted by Crippen LogP contribution is 1.98. The Balaban J connectivity index is 0. The van der Waals surface area contributed by atoms with Crippen LogP contribution in [0, 0.1) is 0 Å². The van der Waals surface area contributed by atoms with E-state index in [1.54, 1.807) is 0 Å². The zero-order valence-electron chi connectivity index (χ0n) is 4.99. The molecule has 0 spiro atoms. The quantitative estimate of drug-likeness (QED) is 0.564. The summed E-state index contributed by atoms with van der Waals surface area (Å²) in [5.41, 5.74) is 0. The number of hydrogen-bond acceptors (Lipinski definition) is 1. The maximum absolute atomic E-state index is 9.09. The van der Waals surface area contributed by atoms with Crippen LogP contribution in [0.5, 0.6) is 0 Å². The lowest BCUT2D eigenvalue weighted by molar-refractivity contribution is 0.620. The first kappa shape index (κ1) is 11.7. The van der Waals surface area contributed by atoms with Gasteiger partial charge in [0.2, 0.25) is 0 Å². The highest BCUT2D eigenvalue weighted by Gasteiger charge is 1.83. The monoisotopic (exact) mass is 176 g/mol. The van der Waals surface area contributed by atoms with Crippen LogP contribution in [-0.4, -0.2) is 4.55 Å². The topological polar surface area (TPSA) is 23.1 Å². The molecule has 0 aromatic carbocycles. The lowest BCUT2D eigenvalue weighted by Gasteiger charge is -1.73. The second-order valence-corrected chi connectivity index (χ2v) is 3.71. The molecule has 0 aliphatic carbocycles. The maximum Gasteiger partial charge on any atom is 0.198 e. The van der Waals surface area contributed by atoms with Crippen LogP contribution in [0.1, 0.15) is 26.7 Å². The Morgan fingerprint density at radius 3 is 1.38 bits per heavy atom. The molecule has 0 unspecified atom stereocenters. The molecule has 0 amide bonds. The lowest BCUT2D eigenvalue weighted by atomic mass is 10.4. The van der Waals surface area contributed by atoms with Crippen molar-refractivity contribution in [3.05, 3.63) is 0 Å². The van der Waals surface area contributed by atoms with Gasteiger partial charge < -0.3 is 4.55 Å². The normalized spacial score (nSPS) is 8.25. The molecule has 0 rings (SSSR count). The van der Waals surface area contributed by atoms with Crippen LogP contribution >= 0.6 is 21.4 Å². The van der Waals surface area contributed by atoms with Crippen LogP contribution in [0.4, 0.5) is 0 Å². The molecule has 1 nitrogen and oxygen atoms in total. The summed E-state index contributed by atoms with van der Waals surface area (Å²) < 4.78 is 9.09. The molecule has 0 N–H and O–H groups in total. The van der Waals surface area contributed by atoms with Crippen LogP contribution in [0.2, 0.25) is 0 Å². The van der Waals surface area contributed by atoms with Gasteiger partial charge in [-0.25, -0.2) is 0 Å². The highest BCUT2D eigenvalue weighted by atomic mass is 36.0. The van der Waals surface area contributed by atoms with Crippen molar-refractivity contribution in [3.8, 4) is 0 Å². The number of halogens is 2. The van der Waals surface area contributed by atoms with Crippen molar-refractivity contribution in [2.24, 2.45) is 0 Å². The Kier molecular flexibility index (Phi) is 15.7. The summed E-state index contributed by atoms with van der Waals surface area (Å²) in [5.74, 6) is 0. The van der Waals surface area contributed by atoms with Crippen molar-refractivity contribution in [2.45, 2.75) is 26.7 Å². The molecular formula is C4H10Cl2OS. The van der Waals surface area contributed by atoms with Gasteiger partial charge in [-0.15, -0.1) is 0 Å². The molecule has 0 radical (unpaired) electrons. The van der Waals surface area contributed by atoms with E-state index in [4.69, 9.17) is 4.55 Å². The van der Waals surface area contributed by atoms with Gasteiger partial charge in [-0.3, -0.25) is 0 Å². The molecule has 0 heterocycles. The predicted octanol–water partition coefficient (Wildman–Crippen LogP) is 2.85. The van der Waals surface area contributed by atoms with Gasteiger partial charge in [0.1, 0.15) is 0 Å². The van der Waals surface area contributed by atoms with E-state index in [9.17, 15) is 0 Å². The molecule has 0 aliphatic heterocycles. The van der Waals surface area contributed by atoms with Crippen LogP contribution in [0.3, 0.4) is 0 Å². The molecule has 0 saturated carbocycles. The zero-order chi connectivity index (χ0) is 6.99. The summed E-state index contributed by atoms with van der Waals surface area (Å²) >= 11 is 0. The summed E-state index contributed by atoms with van der Waals surface area (Å²) in [6.45, 7) is 4.36. The minimum atomic E-state index is -1.67. The Bertz CT molecular complexity index is 30.5. The first-order valence-electron chi connectivity index (χ1n) is 2.39. The summed E-state index contributed by atoms with van der Waals surface area (Å²) in [6.07, 6.45) is 2.64. The van der Waals surface area contributed by atoms with Crippen molar-refractivity contribution in [2.75, 3.05) is 0 Å². The van der Waals surface area contributed by atoms with Gasteiger partial charge in [0.25, 0.3) is 0 Å². The molecule has 0 saturated heterocycles. The highest BCUT2D eigenvalue weighted by molar-refractivity contribution is 8.31. The van der Waals surface area contributed by atoms with Gasteiger partial charge in [0, 0.05) is 0 Å². The number of rotatable bonds is 1. The van der Waals surface area contributed by atoms with Crippen molar-refractivity contribution in [1.82, 2.24) is 0 Å². The average Bonchev–Trinajstić information content (AvgIpc) is 1.65. The van der Waals surface area contributed by atoms with Gasteiger partial charge in [0.15, 0.2) is 31.0 Å². The van der Waals surface area contributed by atoms with Crippen LogP contribution in [0.15, 0.2) is 0 Å². The van der Waals surface area contributed by atoms with Crippen LogP contribution < -0.4 is 0 Å². The average molecular weight is 177 g/mol. The Morgan fingerprint density at radius 2 is 1.38 bits per heavy atom. The van der Waals surface area contributed by atoms with E-state index >= 15 is 0 Å². The smallest absolute Gasteiger partial charge is 0.198 e. The SMILES string of the molecule is CCCC.[O-][S+](Cl)Cl. The maximum atomic E-state index is 9.09. The first-order chi connectivity index (χ1) is 3.65. The van der Waals surface area contributed by atoms with Gasteiger partial charge in [-0.1, -0.05) is 26.7 Å². The largest absolute Gasteiger partial charge is 0.582 e. The summed E-state index contributed by atoms with van der Waals surface area (Å²) in [5, 5.41) is 0. The third kappa shape index (κ3) is 66.9. The van der Waals surface area contributed by atoms with Gasteiger partial charge in [-0.05, 0) is 0 Å². The minimum absolute atomic E-state index is 1.32. The van der Waals surface area contributed by atoms with E-state index in [0.717, 1.165) is 0 Å². The first-order valence-corrected chi connectivity index (χ1v) is 5.19. The van der Waals surface area contributed by atoms with E-state index in [-0.39, 0.29) is 0 Å². The van der Waals surface area contributed by atoms with E-state index in [1.165, 1.54) is 12.8 Å². The Labute approximate surface area is 62.5 Å². The van der Waals surface area contributed by atoms with Gasteiger partial charge in [0.05, 0.1) is 0 Å².